The molecule has 0 bridgehead atoms. The summed E-state index contributed by atoms with van der Waals surface area (Å²) < 4.78 is 10.2. The number of ether oxygens (including phenoxy) is 2. The molecule has 0 heterocycles. The van der Waals surface area contributed by atoms with Crippen LogP contribution in [0.4, 0.5) is 5.69 Å². The lowest BCUT2D eigenvalue weighted by Crippen LogP contribution is -2.08. The van der Waals surface area contributed by atoms with Gasteiger partial charge in [-0.1, -0.05) is 12.1 Å². The molecule has 0 saturated heterocycles. The van der Waals surface area contributed by atoms with E-state index in [1.165, 1.54) is 6.20 Å². The van der Waals surface area contributed by atoms with Crippen LogP contribution in [-0.4, -0.2) is 19.2 Å². The van der Waals surface area contributed by atoms with Gasteiger partial charge in [0.1, 0.15) is 11.8 Å². The number of esters is 1. The third kappa shape index (κ3) is 4.36. The molecule has 100 valence electrons. The molecule has 1 aromatic carbocycles. The molecule has 1 rings (SSSR count). The molecule has 5 heteroatoms. The summed E-state index contributed by atoms with van der Waals surface area (Å²) in [6.07, 6.45) is 1.32. The van der Waals surface area contributed by atoms with Gasteiger partial charge in [-0.2, -0.15) is 5.26 Å². The molecule has 0 fully saturated rings. The third-order valence-electron chi connectivity index (χ3n) is 2.17. The second kappa shape index (κ2) is 7.77. The first-order chi connectivity index (χ1) is 9.22. The lowest BCUT2D eigenvalue weighted by molar-refractivity contribution is -0.138. The SMILES string of the molecule is CCOC(=O)/C(C#N)=C\Nc1ccccc1OCC. The molecule has 19 heavy (non-hydrogen) atoms. The summed E-state index contributed by atoms with van der Waals surface area (Å²) in [5, 5.41) is 11.8. The second-order valence-electron chi connectivity index (χ2n) is 3.46. The molecular weight excluding hydrogens is 244 g/mol. The Bertz CT molecular complexity index is 504. The Kier molecular flexibility index (Phi) is 5.96. The van der Waals surface area contributed by atoms with Crippen molar-refractivity contribution in [2.75, 3.05) is 18.5 Å². The van der Waals surface area contributed by atoms with Crippen LogP contribution in [0.2, 0.25) is 0 Å². The third-order valence-corrected chi connectivity index (χ3v) is 2.17. The van der Waals surface area contributed by atoms with Crippen molar-refractivity contribution in [2.24, 2.45) is 0 Å². The quantitative estimate of drug-likeness (QED) is 0.483. The summed E-state index contributed by atoms with van der Waals surface area (Å²) in [5.74, 6) is 0.00814. The van der Waals surface area contributed by atoms with Gasteiger partial charge >= 0.3 is 5.97 Å². The summed E-state index contributed by atoms with van der Waals surface area (Å²) in [6.45, 7) is 4.33. The molecular formula is C14H16N2O3. The maximum Gasteiger partial charge on any atom is 0.350 e. The minimum Gasteiger partial charge on any atom is -0.492 e. The van der Waals surface area contributed by atoms with Gasteiger partial charge in [-0.15, -0.1) is 0 Å². The van der Waals surface area contributed by atoms with E-state index < -0.39 is 5.97 Å². The Balaban J connectivity index is 2.84. The van der Waals surface area contributed by atoms with E-state index in [0.29, 0.717) is 18.0 Å². The molecule has 0 radical (unpaired) electrons. The lowest BCUT2D eigenvalue weighted by atomic mass is 10.2. The largest absolute Gasteiger partial charge is 0.492 e. The molecule has 1 N–H and O–H groups in total. The van der Waals surface area contributed by atoms with Crippen LogP contribution in [0.5, 0.6) is 5.75 Å². The molecule has 1 aromatic rings. The first-order valence-corrected chi connectivity index (χ1v) is 5.98. The summed E-state index contributed by atoms with van der Waals surface area (Å²) >= 11 is 0. The van der Waals surface area contributed by atoms with Crippen molar-refractivity contribution in [1.29, 1.82) is 5.26 Å². The molecule has 0 saturated carbocycles. The van der Waals surface area contributed by atoms with Gasteiger partial charge in [-0.3, -0.25) is 0 Å². The van der Waals surface area contributed by atoms with Gasteiger partial charge in [0.25, 0.3) is 0 Å². The minimum absolute atomic E-state index is 0.0897. The average molecular weight is 260 g/mol. The fourth-order valence-corrected chi connectivity index (χ4v) is 1.36. The van der Waals surface area contributed by atoms with Crippen LogP contribution in [-0.2, 0) is 9.53 Å². The van der Waals surface area contributed by atoms with E-state index in [4.69, 9.17) is 14.7 Å². The summed E-state index contributed by atoms with van der Waals surface area (Å²) in [4.78, 5) is 11.4. The van der Waals surface area contributed by atoms with Gasteiger partial charge in [-0.05, 0) is 26.0 Å². The van der Waals surface area contributed by atoms with Gasteiger partial charge < -0.3 is 14.8 Å². The van der Waals surface area contributed by atoms with E-state index in [2.05, 4.69) is 5.32 Å². The predicted molar refractivity (Wildman–Crippen MR) is 71.6 cm³/mol. The molecule has 0 aliphatic rings. The second-order valence-corrected chi connectivity index (χ2v) is 3.46. The van der Waals surface area contributed by atoms with Crippen LogP contribution in [0.3, 0.4) is 0 Å². The van der Waals surface area contributed by atoms with E-state index >= 15 is 0 Å². The summed E-state index contributed by atoms with van der Waals surface area (Å²) in [5.41, 5.74) is 0.592. The highest BCUT2D eigenvalue weighted by Crippen LogP contribution is 2.23. The zero-order chi connectivity index (χ0) is 14.1. The zero-order valence-corrected chi connectivity index (χ0v) is 11.0. The first-order valence-electron chi connectivity index (χ1n) is 5.98. The number of nitrogens with zero attached hydrogens (tertiary/aromatic N) is 1. The Labute approximate surface area is 112 Å². The van der Waals surface area contributed by atoms with Crippen molar-refractivity contribution in [3.8, 4) is 11.8 Å². The molecule has 0 aromatic heterocycles. The molecule has 5 nitrogen and oxygen atoms in total. The normalized spacial score (nSPS) is 10.5. The van der Waals surface area contributed by atoms with Gasteiger partial charge in [0.2, 0.25) is 0 Å². The van der Waals surface area contributed by atoms with E-state index in [-0.39, 0.29) is 12.2 Å². The molecule has 0 unspecified atom stereocenters. The number of anilines is 1. The summed E-state index contributed by atoms with van der Waals surface area (Å²) in [7, 11) is 0. The van der Waals surface area contributed by atoms with Crippen LogP contribution >= 0.6 is 0 Å². The predicted octanol–water partition coefficient (Wildman–Crippen LogP) is 2.47. The average Bonchev–Trinajstić information content (AvgIpc) is 2.42. The van der Waals surface area contributed by atoms with E-state index in [0.717, 1.165) is 0 Å². The number of carbonyl (C=O) groups excluding carboxylic acids is 1. The lowest BCUT2D eigenvalue weighted by Gasteiger charge is -2.09. The van der Waals surface area contributed by atoms with Crippen LogP contribution in [0, 0.1) is 11.3 Å². The van der Waals surface area contributed by atoms with Crippen molar-refractivity contribution in [2.45, 2.75) is 13.8 Å². The van der Waals surface area contributed by atoms with Crippen molar-refractivity contribution >= 4 is 11.7 Å². The molecule has 0 aliphatic heterocycles. The van der Waals surface area contributed by atoms with E-state index in [1.807, 2.05) is 19.1 Å². The highest BCUT2D eigenvalue weighted by Gasteiger charge is 2.09. The molecule has 0 atom stereocenters. The van der Waals surface area contributed by atoms with Gasteiger partial charge in [0, 0.05) is 6.20 Å². The Hall–Kier alpha value is -2.48. The topological polar surface area (TPSA) is 71.4 Å². The Morgan fingerprint density at radius 3 is 2.74 bits per heavy atom. The number of hydrogen-bond donors (Lipinski definition) is 1. The number of hydrogen-bond acceptors (Lipinski definition) is 5. The Morgan fingerprint density at radius 2 is 2.11 bits per heavy atom. The number of nitrogens with one attached hydrogen (secondary N) is 1. The van der Waals surface area contributed by atoms with Crippen LogP contribution < -0.4 is 10.1 Å². The van der Waals surface area contributed by atoms with Crippen molar-refractivity contribution in [3.63, 3.8) is 0 Å². The van der Waals surface area contributed by atoms with Gasteiger partial charge in [0.05, 0.1) is 18.9 Å². The first kappa shape index (κ1) is 14.6. The monoisotopic (exact) mass is 260 g/mol. The molecule has 0 spiro atoms. The number of carbonyl (C=O) groups is 1. The van der Waals surface area contributed by atoms with Gasteiger partial charge in [0.15, 0.2) is 5.57 Å². The van der Waals surface area contributed by atoms with Crippen molar-refractivity contribution in [3.05, 3.63) is 36.0 Å². The highest BCUT2D eigenvalue weighted by molar-refractivity contribution is 5.93. The van der Waals surface area contributed by atoms with E-state index in [1.54, 1.807) is 25.1 Å². The Morgan fingerprint density at radius 1 is 1.37 bits per heavy atom. The smallest absolute Gasteiger partial charge is 0.350 e. The number of benzene rings is 1. The zero-order valence-electron chi connectivity index (χ0n) is 11.0. The van der Waals surface area contributed by atoms with E-state index in [9.17, 15) is 4.79 Å². The fourth-order valence-electron chi connectivity index (χ4n) is 1.36. The maximum atomic E-state index is 11.4. The van der Waals surface area contributed by atoms with Crippen molar-refractivity contribution in [1.82, 2.24) is 0 Å². The standard InChI is InChI=1S/C14H16N2O3/c1-3-18-13-8-6-5-7-12(13)16-10-11(9-15)14(17)19-4-2/h5-8,10,16H,3-4H2,1-2H3/b11-10-. The summed E-state index contributed by atoms with van der Waals surface area (Å²) in [6, 6.07) is 9.06. The van der Waals surface area contributed by atoms with Crippen LogP contribution in [0.15, 0.2) is 36.0 Å². The molecule has 0 aliphatic carbocycles. The number of rotatable bonds is 6. The molecule has 0 amide bonds. The highest BCUT2D eigenvalue weighted by atomic mass is 16.5. The van der Waals surface area contributed by atoms with Crippen LogP contribution in [0.25, 0.3) is 0 Å². The fraction of sp³-hybridized carbons (Fsp3) is 0.286. The number of para-hydroxylation sites is 2. The van der Waals surface area contributed by atoms with Crippen molar-refractivity contribution < 1.29 is 14.3 Å². The maximum absolute atomic E-state index is 11.4. The van der Waals surface area contributed by atoms with Gasteiger partial charge in [-0.25, -0.2) is 4.79 Å². The van der Waals surface area contributed by atoms with Crippen LogP contribution in [0.1, 0.15) is 13.8 Å². The minimum atomic E-state index is -0.647. The number of nitriles is 1.